The van der Waals surface area contributed by atoms with Gasteiger partial charge in [-0.2, -0.15) is 0 Å². The summed E-state index contributed by atoms with van der Waals surface area (Å²) >= 11 is 5.69. The number of benzene rings is 3. The molecule has 3 aromatic carbocycles. The van der Waals surface area contributed by atoms with Crippen molar-refractivity contribution in [2.24, 2.45) is 0 Å². The second-order valence-electron chi connectivity index (χ2n) is 8.13. The predicted octanol–water partition coefficient (Wildman–Crippen LogP) is 4.76. The normalized spacial score (nSPS) is 15.2. The number of ether oxygens (including phenoxy) is 2. The zero-order valence-electron chi connectivity index (χ0n) is 19.9. The van der Waals surface area contributed by atoms with Gasteiger partial charge < -0.3 is 19.7 Å². The zero-order chi connectivity index (χ0) is 25.7. The van der Waals surface area contributed by atoms with Crippen LogP contribution in [0.5, 0.6) is 11.5 Å². The average Bonchev–Trinajstić information content (AvgIpc) is 3.10. The lowest BCUT2D eigenvalue weighted by atomic mass is 10.1. The summed E-state index contributed by atoms with van der Waals surface area (Å²) in [4.78, 5) is 29.6. The minimum atomic E-state index is -0.827. The van der Waals surface area contributed by atoms with Crippen LogP contribution in [0, 0.1) is 5.82 Å². The van der Waals surface area contributed by atoms with E-state index < -0.39 is 6.04 Å². The Kier molecular flexibility index (Phi) is 7.80. The number of nitrogens with one attached hydrogen (secondary N) is 1. The van der Waals surface area contributed by atoms with Crippen molar-refractivity contribution in [1.29, 1.82) is 0 Å². The molecule has 186 valence electrons. The highest BCUT2D eigenvalue weighted by molar-refractivity contribution is 7.80. The van der Waals surface area contributed by atoms with Crippen molar-refractivity contribution in [2.45, 2.75) is 25.9 Å². The Hall–Kier alpha value is -3.98. The Morgan fingerprint density at radius 3 is 2.25 bits per heavy atom. The van der Waals surface area contributed by atoms with E-state index in [9.17, 15) is 14.0 Å². The van der Waals surface area contributed by atoms with Crippen LogP contribution in [-0.2, 0) is 16.1 Å². The molecule has 0 aromatic heterocycles. The van der Waals surface area contributed by atoms with E-state index in [1.807, 2.05) is 6.92 Å². The number of halogens is 1. The summed E-state index contributed by atoms with van der Waals surface area (Å²) in [5, 5.41) is 3.11. The van der Waals surface area contributed by atoms with Crippen molar-refractivity contribution >= 4 is 40.5 Å². The molecule has 1 aliphatic heterocycles. The number of anilines is 2. The molecule has 1 heterocycles. The first-order valence-corrected chi connectivity index (χ1v) is 11.9. The maximum absolute atomic E-state index is 13.5. The lowest BCUT2D eigenvalue weighted by Crippen LogP contribution is -2.37. The Bertz CT molecular complexity index is 1230. The third-order valence-electron chi connectivity index (χ3n) is 5.74. The van der Waals surface area contributed by atoms with Crippen molar-refractivity contribution in [2.75, 3.05) is 23.9 Å². The summed E-state index contributed by atoms with van der Waals surface area (Å²) < 4.78 is 24.1. The van der Waals surface area contributed by atoms with Gasteiger partial charge in [-0.15, -0.1) is 0 Å². The lowest BCUT2D eigenvalue weighted by molar-refractivity contribution is -0.124. The molecule has 1 saturated heterocycles. The van der Waals surface area contributed by atoms with Crippen LogP contribution < -0.4 is 19.7 Å². The molecule has 36 heavy (non-hydrogen) atoms. The summed E-state index contributed by atoms with van der Waals surface area (Å²) in [6, 6.07) is 19.1. The van der Waals surface area contributed by atoms with E-state index >= 15 is 0 Å². The molecule has 1 fully saturated rings. The maximum Gasteiger partial charge on any atom is 0.256 e. The average molecular weight is 508 g/mol. The third kappa shape index (κ3) is 5.63. The second kappa shape index (κ2) is 11.2. The van der Waals surface area contributed by atoms with Gasteiger partial charge in [0.15, 0.2) is 5.11 Å². The molecule has 0 radical (unpaired) electrons. The van der Waals surface area contributed by atoms with Crippen LogP contribution in [0.3, 0.4) is 0 Å². The number of thiocarbonyl (C=S) groups is 1. The predicted molar refractivity (Wildman–Crippen MR) is 140 cm³/mol. The molecule has 3 aromatic rings. The van der Waals surface area contributed by atoms with Crippen molar-refractivity contribution in [1.82, 2.24) is 4.90 Å². The number of methoxy groups -OCH3 is 1. The van der Waals surface area contributed by atoms with Crippen LogP contribution in [0.15, 0.2) is 72.8 Å². The summed E-state index contributed by atoms with van der Waals surface area (Å²) in [5.74, 6) is 0.346. The third-order valence-corrected chi connectivity index (χ3v) is 6.16. The summed E-state index contributed by atoms with van der Waals surface area (Å²) in [6.45, 7) is 2.69. The van der Waals surface area contributed by atoms with E-state index in [0.29, 0.717) is 29.5 Å². The van der Waals surface area contributed by atoms with E-state index in [0.717, 1.165) is 5.56 Å². The summed E-state index contributed by atoms with van der Waals surface area (Å²) in [7, 11) is 1.56. The van der Waals surface area contributed by atoms with Crippen LogP contribution >= 0.6 is 12.2 Å². The van der Waals surface area contributed by atoms with Gasteiger partial charge in [-0.3, -0.25) is 14.5 Å². The fraction of sp³-hybridized carbons (Fsp3) is 0.222. The number of amides is 2. The maximum atomic E-state index is 13.5. The first-order valence-electron chi connectivity index (χ1n) is 11.5. The molecule has 7 nitrogen and oxygen atoms in total. The number of carbonyl (C=O) groups is 2. The molecule has 2 amide bonds. The monoisotopic (exact) mass is 507 g/mol. The van der Waals surface area contributed by atoms with Crippen LogP contribution in [0.25, 0.3) is 0 Å². The van der Waals surface area contributed by atoms with E-state index in [1.54, 1.807) is 72.7 Å². The zero-order valence-corrected chi connectivity index (χ0v) is 20.8. The van der Waals surface area contributed by atoms with Crippen LogP contribution in [0.1, 0.15) is 18.9 Å². The minimum Gasteiger partial charge on any atom is -0.497 e. The minimum absolute atomic E-state index is 0.111. The van der Waals surface area contributed by atoms with Gasteiger partial charge in [0.2, 0.25) is 5.91 Å². The van der Waals surface area contributed by atoms with E-state index in [-0.39, 0.29) is 35.7 Å². The highest BCUT2D eigenvalue weighted by Crippen LogP contribution is 2.30. The molecule has 1 N–H and O–H groups in total. The van der Waals surface area contributed by atoms with Gasteiger partial charge in [-0.05, 0) is 85.4 Å². The molecule has 1 atom stereocenters. The Morgan fingerprint density at radius 2 is 1.64 bits per heavy atom. The van der Waals surface area contributed by atoms with Gasteiger partial charge in [0.1, 0.15) is 23.4 Å². The van der Waals surface area contributed by atoms with Gasteiger partial charge in [0, 0.05) is 12.2 Å². The second-order valence-corrected chi connectivity index (χ2v) is 8.50. The number of hydrogen-bond donors (Lipinski definition) is 1. The fourth-order valence-electron chi connectivity index (χ4n) is 3.96. The van der Waals surface area contributed by atoms with Crippen LogP contribution in [-0.4, -0.2) is 41.6 Å². The van der Waals surface area contributed by atoms with Crippen LogP contribution in [0.2, 0.25) is 0 Å². The standard InChI is InChI=1S/C27H26FN3O4S/c1-3-35-23-12-8-20(9-13-23)29-25(32)16-24-26(33)31(21-10-14-22(34-2)15-11-21)27(36)30(24)17-18-4-6-19(28)7-5-18/h4-15,24H,3,16-17H2,1-2H3,(H,29,32). The molecule has 9 heteroatoms. The van der Waals surface area contributed by atoms with E-state index in [2.05, 4.69) is 5.32 Å². The molecule has 0 bridgehead atoms. The number of carbonyl (C=O) groups excluding carboxylic acids is 2. The smallest absolute Gasteiger partial charge is 0.256 e. The van der Waals surface area contributed by atoms with Gasteiger partial charge in [0.25, 0.3) is 5.91 Å². The highest BCUT2D eigenvalue weighted by atomic mass is 32.1. The molecule has 4 rings (SSSR count). The largest absolute Gasteiger partial charge is 0.497 e. The molecular weight excluding hydrogens is 481 g/mol. The van der Waals surface area contributed by atoms with Gasteiger partial charge in [-0.1, -0.05) is 12.1 Å². The van der Waals surface area contributed by atoms with Crippen molar-refractivity contribution < 1.29 is 23.5 Å². The first kappa shape index (κ1) is 25.1. The topological polar surface area (TPSA) is 71.1 Å². The van der Waals surface area contributed by atoms with Gasteiger partial charge >= 0.3 is 0 Å². The van der Waals surface area contributed by atoms with Crippen molar-refractivity contribution in [3.05, 3.63) is 84.2 Å². The number of nitrogens with zero attached hydrogens (tertiary/aromatic N) is 2. The molecule has 1 aliphatic rings. The summed E-state index contributed by atoms with van der Waals surface area (Å²) in [5.41, 5.74) is 1.93. The molecule has 1 unspecified atom stereocenters. The molecule has 0 spiro atoms. The van der Waals surface area contributed by atoms with Crippen molar-refractivity contribution in [3.8, 4) is 11.5 Å². The Morgan fingerprint density at radius 1 is 1.00 bits per heavy atom. The van der Waals surface area contributed by atoms with Crippen LogP contribution in [0.4, 0.5) is 15.8 Å². The summed E-state index contributed by atoms with van der Waals surface area (Å²) in [6.07, 6.45) is -0.111. The van der Waals surface area contributed by atoms with Gasteiger partial charge in [0.05, 0.1) is 25.8 Å². The number of rotatable bonds is 9. The van der Waals surface area contributed by atoms with Gasteiger partial charge in [-0.25, -0.2) is 4.39 Å². The molecule has 0 aliphatic carbocycles. The Labute approximate surface area is 214 Å². The van der Waals surface area contributed by atoms with E-state index in [1.165, 1.54) is 17.0 Å². The SMILES string of the molecule is CCOc1ccc(NC(=O)CC2C(=O)N(c3ccc(OC)cc3)C(=S)N2Cc2ccc(F)cc2)cc1. The quantitative estimate of drug-likeness (QED) is 0.421. The van der Waals surface area contributed by atoms with Crippen molar-refractivity contribution in [3.63, 3.8) is 0 Å². The fourth-order valence-corrected chi connectivity index (χ4v) is 4.35. The van der Waals surface area contributed by atoms with E-state index in [4.69, 9.17) is 21.7 Å². The lowest BCUT2D eigenvalue weighted by Gasteiger charge is -2.24. The molecular formula is C27H26FN3O4S. The number of hydrogen-bond acceptors (Lipinski definition) is 5. The highest BCUT2D eigenvalue weighted by Gasteiger charge is 2.44. The first-order chi connectivity index (χ1) is 17.4. The molecule has 0 saturated carbocycles. The Balaban J connectivity index is 1.56.